The molecular formula is C15H21NO2. The predicted octanol–water partition coefficient (Wildman–Crippen LogP) is 3.33. The van der Waals surface area contributed by atoms with E-state index < -0.39 is 5.60 Å². The quantitative estimate of drug-likeness (QED) is 0.713. The van der Waals surface area contributed by atoms with E-state index in [9.17, 15) is 0 Å². The molecule has 3 heteroatoms. The van der Waals surface area contributed by atoms with Gasteiger partial charge in [-0.1, -0.05) is 11.2 Å². The van der Waals surface area contributed by atoms with Crippen LogP contribution in [0.4, 0.5) is 0 Å². The van der Waals surface area contributed by atoms with Gasteiger partial charge in [0.05, 0.1) is 0 Å². The summed E-state index contributed by atoms with van der Waals surface area (Å²) in [5, 5.41) is 4.12. The second-order valence-electron chi connectivity index (χ2n) is 5.45. The molecule has 0 N–H and O–H groups in total. The third kappa shape index (κ3) is 1.98. The first-order valence-electron chi connectivity index (χ1n) is 6.26. The summed E-state index contributed by atoms with van der Waals surface area (Å²) >= 11 is 0. The third-order valence-corrected chi connectivity index (χ3v) is 3.71. The Balaban J connectivity index is 2.59. The van der Waals surface area contributed by atoms with Crippen LogP contribution in [0.5, 0.6) is 5.75 Å². The van der Waals surface area contributed by atoms with Crippen molar-refractivity contribution in [3.63, 3.8) is 0 Å². The van der Waals surface area contributed by atoms with Crippen molar-refractivity contribution in [2.24, 2.45) is 5.16 Å². The molecule has 1 aliphatic heterocycles. The molecule has 0 fully saturated rings. The number of hydrogen-bond acceptors (Lipinski definition) is 3. The van der Waals surface area contributed by atoms with Gasteiger partial charge in [0.15, 0.2) is 0 Å². The second kappa shape index (κ2) is 4.30. The van der Waals surface area contributed by atoms with Crippen molar-refractivity contribution in [1.82, 2.24) is 0 Å². The Hall–Kier alpha value is -1.51. The normalized spacial score (nSPS) is 19.3. The number of fused-ring (bicyclic) bond motifs is 1. The highest BCUT2D eigenvalue weighted by Gasteiger charge is 2.35. The van der Waals surface area contributed by atoms with Gasteiger partial charge in [-0.25, -0.2) is 0 Å². The van der Waals surface area contributed by atoms with Gasteiger partial charge in [0.2, 0.25) is 0 Å². The molecule has 0 spiro atoms. The van der Waals surface area contributed by atoms with Crippen LogP contribution in [0.25, 0.3) is 0 Å². The van der Waals surface area contributed by atoms with Crippen molar-refractivity contribution in [2.75, 3.05) is 7.11 Å². The summed E-state index contributed by atoms with van der Waals surface area (Å²) in [5.74, 6) is 1.02. The van der Waals surface area contributed by atoms with E-state index in [1.165, 1.54) is 22.3 Å². The maximum atomic E-state index is 6.17. The molecule has 2 rings (SSSR count). The van der Waals surface area contributed by atoms with Crippen LogP contribution in [-0.2, 0) is 11.3 Å². The van der Waals surface area contributed by atoms with E-state index in [0.29, 0.717) is 0 Å². The summed E-state index contributed by atoms with van der Waals surface area (Å²) in [6, 6.07) is 2.21. The van der Waals surface area contributed by atoms with Gasteiger partial charge in [-0.05, 0) is 51.3 Å². The Kier molecular flexibility index (Phi) is 3.09. The van der Waals surface area contributed by atoms with E-state index >= 15 is 0 Å². The van der Waals surface area contributed by atoms with Crippen molar-refractivity contribution < 1.29 is 9.57 Å². The molecule has 3 nitrogen and oxygen atoms in total. The summed E-state index contributed by atoms with van der Waals surface area (Å²) in [6.45, 7) is 10.4. The van der Waals surface area contributed by atoms with E-state index in [0.717, 1.165) is 17.9 Å². The minimum atomic E-state index is -0.409. The van der Waals surface area contributed by atoms with E-state index in [2.05, 4.69) is 32.0 Å². The maximum absolute atomic E-state index is 6.17. The van der Waals surface area contributed by atoms with Crippen molar-refractivity contribution >= 4 is 5.71 Å². The highest BCUT2D eigenvalue weighted by atomic mass is 16.6. The lowest BCUT2D eigenvalue weighted by Crippen LogP contribution is -2.43. The zero-order valence-corrected chi connectivity index (χ0v) is 12.0. The summed E-state index contributed by atoms with van der Waals surface area (Å²) in [5.41, 5.74) is 5.51. The Labute approximate surface area is 109 Å². The van der Waals surface area contributed by atoms with Gasteiger partial charge in [0.25, 0.3) is 0 Å². The Morgan fingerprint density at radius 1 is 1.22 bits per heavy atom. The number of aryl methyl sites for hydroxylation is 2. The van der Waals surface area contributed by atoms with Gasteiger partial charge in [-0.15, -0.1) is 0 Å². The summed E-state index contributed by atoms with van der Waals surface area (Å²) in [7, 11) is 1.58. The molecule has 0 radical (unpaired) electrons. The number of hydrogen-bond donors (Lipinski definition) is 0. The zero-order valence-electron chi connectivity index (χ0n) is 12.0. The van der Waals surface area contributed by atoms with Crippen LogP contribution in [0, 0.1) is 20.8 Å². The molecule has 1 aromatic carbocycles. The number of rotatable bonds is 1. The lowest BCUT2D eigenvalue weighted by molar-refractivity contribution is 0.151. The first kappa shape index (κ1) is 12.9. The molecule has 0 unspecified atom stereocenters. The molecule has 18 heavy (non-hydrogen) atoms. The highest BCUT2D eigenvalue weighted by molar-refractivity contribution is 5.95. The molecule has 0 amide bonds. The van der Waals surface area contributed by atoms with Crippen molar-refractivity contribution in [3.05, 3.63) is 28.3 Å². The van der Waals surface area contributed by atoms with E-state index in [1.807, 2.05) is 13.8 Å². The van der Waals surface area contributed by atoms with Gasteiger partial charge < -0.3 is 9.57 Å². The van der Waals surface area contributed by atoms with Crippen molar-refractivity contribution in [1.29, 1.82) is 0 Å². The molecule has 0 saturated heterocycles. The third-order valence-electron chi connectivity index (χ3n) is 3.71. The van der Waals surface area contributed by atoms with Gasteiger partial charge in [-0.3, -0.25) is 0 Å². The fraction of sp³-hybridized carbons (Fsp3) is 0.533. The van der Waals surface area contributed by atoms with Gasteiger partial charge in [0.1, 0.15) is 24.2 Å². The molecule has 1 heterocycles. The van der Waals surface area contributed by atoms with Crippen LogP contribution >= 0.6 is 0 Å². The molecule has 0 bridgehead atoms. The zero-order chi connectivity index (χ0) is 13.5. The van der Waals surface area contributed by atoms with Crippen LogP contribution < -0.4 is 4.74 Å². The van der Waals surface area contributed by atoms with E-state index in [-0.39, 0.29) is 0 Å². The molecule has 0 aliphatic carbocycles. The van der Waals surface area contributed by atoms with Crippen molar-refractivity contribution in [3.8, 4) is 5.75 Å². The number of oxime groups is 1. The summed E-state index contributed by atoms with van der Waals surface area (Å²) in [4.78, 5) is 4.93. The second-order valence-corrected chi connectivity index (χ2v) is 5.45. The highest BCUT2D eigenvalue weighted by Crippen LogP contribution is 2.37. The van der Waals surface area contributed by atoms with Crippen LogP contribution in [0.3, 0.4) is 0 Å². The fourth-order valence-electron chi connectivity index (χ4n) is 2.41. The molecule has 98 valence electrons. The molecule has 0 aromatic heterocycles. The molecular weight excluding hydrogens is 226 g/mol. The Morgan fingerprint density at radius 2 is 1.89 bits per heavy atom. The number of benzene rings is 1. The summed E-state index contributed by atoms with van der Waals surface area (Å²) in [6.07, 6.45) is 0.795. The van der Waals surface area contributed by atoms with E-state index in [1.54, 1.807) is 7.11 Å². The maximum Gasteiger partial charge on any atom is 0.145 e. The fourth-order valence-corrected chi connectivity index (χ4v) is 2.41. The van der Waals surface area contributed by atoms with E-state index in [4.69, 9.17) is 9.57 Å². The lowest BCUT2D eigenvalue weighted by Gasteiger charge is -2.35. The Bertz CT molecular complexity index is 516. The van der Waals surface area contributed by atoms with Crippen molar-refractivity contribution in [2.45, 2.75) is 46.6 Å². The molecule has 1 aliphatic rings. The van der Waals surface area contributed by atoms with Gasteiger partial charge in [0, 0.05) is 12.0 Å². The van der Waals surface area contributed by atoms with Crippen LogP contribution in [-0.4, -0.2) is 18.4 Å². The lowest BCUT2D eigenvalue weighted by atomic mass is 9.87. The molecule has 0 saturated carbocycles. The standard InChI is InChI=1S/C15H21NO2/c1-9-7-10(2)12-8-13(16-17-6)15(4,5)18-14(12)11(9)3/h7H,8H2,1-6H3. The number of ether oxygens (including phenoxy) is 1. The summed E-state index contributed by atoms with van der Waals surface area (Å²) < 4.78 is 6.17. The minimum Gasteiger partial charge on any atom is -0.481 e. The minimum absolute atomic E-state index is 0.409. The first-order valence-corrected chi connectivity index (χ1v) is 6.26. The van der Waals surface area contributed by atoms with Crippen LogP contribution in [0.1, 0.15) is 36.1 Å². The largest absolute Gasteiger partial charge is 0.481 e. The SMILES string of the molecule is CON=C1Cc2c(C)cc(C)c(C)c2OC1(C)C. The first-order chi connectivity index (χ1) is 8.36. The van der Waals surface area contributed by atoms with Gasteiger partial charge >= 0.3 is 0 Å². The van der Waals surface area contributed by atoms with Crippen LogP contribution in [0.2, 0.25) is 0 Å². The average molecular weight is 247 g/mol. The number of nitrogens with zero attached hydrogens (tertiary/aromatic N) is 1. The smallest absolute Gasteiger partial charge is 0.145 e. The average Bonchev–Trinajstić information content (AvgIpc) is 2.28. The molecule has 0 atom stereocenters. The van der Waals surface area contributed by atoms with Gasteiger partial charge in [-0.2, -0.15) is 0 Å². The topological polar surface area (TPSA) is 30.8 Å². The Morgan fingerprint density at radius 3 is 2.50 bits per heavy atom. The predicted molar refractivity (Wildman–Crippen MR) is 73.5 cm³/mol. The van der Waals surface area contributed by atoms with Crippen LogP contribution in [0.15, 0.2) is 11.2 Å². The molecule has 1 aromatic rings. The monoisotopic (exact) mass is 247 g/mol.